The van der Waals surface area contributed by atoms with Crippen LogP contribution in [-0.2, 0) is 0 Å². The molecule has 0 fully saturated rings. The van der Waals surface area contributed by atoms with E-state index in [1.54, 1.807) is 30.3 Å². The minimum Gasteiger partial charge on any atom is -0.490 e. The molecule has 0 heterocycles. The third-order valence-electron chi connectivity index (χ3n) is 3.22. The number of allylic oxidation sites excluding steroid dienone is 1. The predicted molar refractivity (Wildman–Crippen MR) is 105 cm³/mol. The number of terminal acetylenes is 1. The summed E-state index contributed by atoms with van der Waals surface area (Å²) in [7, 11) is 0. The molecule has 3 nitrogen and oxygen atoms in total. The summed E-state index contributed by atoms with van der Waals surface area (Å²) < 4.78 is 11.9. The summed E-state index contributed by atoms with van der Waals surface area (Å²) in [5, 5.41) is 10.1. The van der Waals surface area contributed by atoms with Crippen LogP contribution in [0.3, 0.4) is 0 Å². The molecule has 0 aliphatic carbocycles. The van der Waals surface area contributed by atoms with Crippen LogP contribution in [0.1, 0.15) is 18.1 Å². The lowest BCUT2D eigenvalue weighted by atomic mass is 10.0. The number of benzene rings is 2. The van der Waals surface area contributed by atoms with Crippen molar-refractivity contribution in [2.45, 2.75) is 6.92 Å². The van der Waals surface area contributed by atoms with Crippen LogP contribution in [0.4, 0.5) is 0 Å². The number of rotatable bonds is 6. The fraction of sp³-hybridized carbons (Fsp3) is 0.150. The zero-order chi connectivity index (χ0) is 18.2. The molecule has 0 bridgehead atoms. The summed E-state index contributed by atoms with van der Waals surface area (Å²) in [6, 6.07) is 13.0. The van der Waals surface area contributed by atoms with Gasteiger partial charge in [-0.2, -0.15) is 5.26 Å². The highest BCUT2D eigenvalue weighted by atomic mass is 79.9. The van der Waals surface area contributed by atoms with Crippen LogP contribution >= 0.6 is 27.5 Å². The molecule has 0 amide bonds. The molecule has 25 heavy (non-hydrogen) atoms. The van der Waals surface area contributed by atoms with Crippen LogP contribution in [0.15, 0.2) is 40.9 Å². The number of nitrogens with zero attached hydrogens (tertiary/aromatic N) is 1. The molecule has 0 unspecified atom stereocenters. The summed E-state index contributed by atoms with van der Waals surface area (Å²) in [6.07, 6.45) is 7.03. The fourth-order valence-corrected chi connectivity index (χ4v) is 2.86. The van der Waals surface area contributed by atoms with Crippen molar-refractivity contribution in [1.82, 2.24) is 0 Å². The molecule has 2 rings (SSSR count). The molecule has 2 aromatic rings. The summed E-state index contributed by atoms with van der Waals surface area (Å²) in [5.41, 5.74) is 2.10. The van der Waals surface area contributed by atoms with Crippen LogP contribution in [0, 0.1) is 23.7 Å². The Bertz CT molecular complexity index is 861. The maximum absolute atomic E-state index is 9.48. The number of hydrogen-bond acceptors (Lipinski definition) is 3. The quantitative estimate of drug-likeness (QED) is 0.351. The first-order chi connectivity index (χ1) is 12.1. The van der Waals surface area contributed by atoms with Crippen molar-refractivity contribution < 1.29 is 9.47 Å². The number of halogens is 2. The maximum atomic E-state index is 9.48. The smallest absolute Gasteiger partial charge is 0.176 e. The van der Waals surface area contributed by atoms with Crippen molar-refractivity contribution in [3.8, 4) is 29.9 Å². The summed E-state index contributed by atoms with van der Waals surface area (Å²) in [5.74, 6) is 3.54. The fourth-order valence-electron chi connectivity index (χ4n) is 2.16. The Hall–Kier alpha value is -2.40. The van der Waals surface area contributed by atoms with E-state index in [1.165, 1.54) is 0 Å². The van der Waals surface area contributed by atoms with E-state index in [2.05, 4.69) is 27.9 Å². The topological polar surface area (TPSA) is 42.2 Å². The Balaban J connectivity index is 2.45. The van der Waals surface area contributed by atoms with Gasteiger partial charge in [0.1, 0.15) is 6.61 Å². The highest BCUT2D eigenvalue weighted by molar-refractivity contribution is 9.10. The molecule has 0 saturated heterocycles. The van der Waals surface area contributed by atoms with Gasteiger partial charge in [0.2, 0.25) is 0 Å². The van der Waals surface area contributed by atoms with E-state index in [-0.39, 0.29) is 6.61 Å². The molecule has 2 aromatic carbocycles. The molecule has 0 saturated carbocycles. The molecular weight excluding hydrogens is 402 g/mol. The first kappa shape index (κ1) is 18.9. The van der Waals surface area contributed by atoms with Gasteiger partial charge in [0.05, 0.1) is 22.7 Å². The van der Waals surface area contributed by atoms with Gasteiger partial charge in [-0.3, -0.25) is 0 Å². The summed E-state index contributed by atoms with van der Waals surface area (Å²) in [4.78, 5) is 0. The standard InChI is InChI=1S/C20H15BrClNO2/c1-3-9-25-20-18(21)11-14(12-19(20)24-4-2)10-16(13-23)15-5-7-17(22)8-6-15/h1,5-8,10-12H,4,9H2,2H3. The second kappa shape index (κ2) is 9.18. The van der Waals surface area contributed by atoms with Gasteiger partial charge in [-0.25, -0.2) is 0 Å². The second-order valence-electron chi connectivity index (χ2n) is 4.93. The molecule has 0 N–H and O–H groups in total. The van der Waals surface area contributed by atoms with Crippen LogP contribution in [0.25, 0.3) is 11.6 Å². The van der Waals surface area contributed by atoms with Gasteiger partial charge in [-0.15, -0.1) is 6.42 Å². The third kappa shape index (κ3) is 5.03. The highest BCUT2D eigenvalue weighted by Crippen LogP contribution is 2.38. The molecule has 0 atom stereocenters. The van der Waals surface area contributed by atoms with Crippen molar-refractivity contribution >= 4 is 39.2 Å². The molecule has 0 aliphatic rings. The Kier molecular flexibility index (Phi) is 6.95. The maximum Gasteiger partial charge on any atom is 0.176 e. The second-order valence-corrected chi connectivity index (χ2v) is 6.22. The van der Waals surface area contributed by atoms with Crippen LogP contribution in [0.5, 0.6) is 11.5 Å². The van der Waals surface area contributed by atoms with Gasteiger partial charge >= 0.3 is 0 Å². The minimum atomic E-state index is 0.141. The van der Waals surface area contributed by atoms with Crippen LogP contribution in [0.2, 0.25) is 5.02 Å². The average molecular weight is 417 g/mol. The van der Waals surface area contributed by atoms with Crippen molar-refractivity contribution in [2.24, 2.45) is 0 Å². The largest absolute Gasteiger partial charge is 0.490 e. The van der Waals surface area contributed by atoms with E-state index in [9.17, 15) is 5.26 Å². The van der Waals surface area contributed by atoms with Gasteiger partial charge in [0.25, 0.3) is 0 Å². The number of hydrogen-bond donors (Lipinski definition) is 0. The SMILES string of the molecule is C#CCOc1c(Br)cc(C=C(C#N)c2ccc(Cl)cc2)cc1OCC. The molecule has 0 aliphatic heterocycles. The lowest BCUT2D eigenvalue weighted by Gasteiger charge is -2.13. The van der Waals surface area contributed by atoms with E-state index in [0.29, 0.717) is 33.2 Å². The minimum absolute atomic E-state index is 0.141. The first-order valence-corrected chi connectivity index (χ1v) is 8.66. The van der Waals surface area contributed by atoms with Gasteiger partial charge < -0.3 is 9.47 Å². The van der Waals surface area contributed by atoms with Crippen molar-refractivity contribution in [2.75, 3.05) is 13.2 Å². The third-order valence-corrected chi connectivity index (χ3v) is 4.06. The molecule has 0 aromatic heterocycles. The normalized spacial score (nSPS) is 10.7. The Labute approximate surface area is 161 Å². The van der Waals surface area contributed by atoms with E-state index >= 15 is 0 Å². The molecule has 5 heteroatoms. The zero-order valence-corrected chi connectivity index (χ0v) is 15.9. The van der Waals surface area contributed by atoms with E-state index in [4.69, 9.17) is 27.5 Å². The average Bonchev–Trinajstić information content (AvgIpc) is 2.60. The van der Waals surface area contributed by atoms with Crippen molar-refractivity contribution in [3.05, 3.63) is 57.0 Å². The molecular formula is C20H15BrClNO2. The summed E-state index contributed by atoms with van der Waals surface area (Å²) in [6.45, 7) is 2.51. The monoisotopic (exact) mass is 415 g/mol. The first-order valence-electron chi connectivity index (χ1n) is 7.49. The highest BCUT2D eigenvalue weighted by Gasteiger charge is 2.12. The summed E-state index contributed by atoms with van der Waals surface area (Å²) >= 11 is 9.37. The van der Waals surface area contributed by atoms with Crippen molar-refractivity contribution in [1.29, 1.82) is 5.26 Å². The zero-order valence-electron chi connectivity index (χ0n) is 13.6. The lowest BCUT2D eigenvalue weighted by Crippen LogP contribution is -2.00. The Morgan fingerprint density at radius 2 is 2.00 bits per heavy atom. The van der Waals surface area contributed by atoms with E-state index in [0.717, 1.165) is 11.1 Å². The van der Waals surface area contributed by atoms with E-state index in [1.807, 2.05) is 19.1 Å². The molecule has 0 spiro atoms. The van der Waals surface area contributed by atoms with Gasteiger partial charge in [-0.05, 0) is 64.3 Å². The number of ether oxygens (including phenoxy) is 2. The Morgan fingerprint density at radius 1 is 1.28 bits per heavy atom. The molecule has 126 valence electrons. The molecule has 0 radical (unpaired) electrons. The number of nitriles is 1. The van der Waals surface area contributed by atoms with Crippen molar-refractivity contribution in [3.63, 3.8) is 0 Å². The van der Waals surface area contributed by atoms with Crippen LogP contribution in [-0.4, -0.2) is 13.2 Å². The van der Waals surface area contributed by atoms with Gasteiger partial charge in [0, 0.05) is 5.02 Å². The van der Waals surface area contributed by atoms with Crippen LogP contribution < -0.4 is 9.47 Å². The van der Waals surface area contributed by atoms with Gasteiger partial charge in [-0.1, -0.05) is 29.7 Å². The Morgan fingerprint density at radius 3 is 2.60 bits per heavy atom. The predicted octanol–water partition coefficient (Wildman–Crippen LogP) is 5.58. The van der Waals surface area contributed by atoms with E-state index < -0.39 is 0 Å². The lowest BCUT2D eigenvalue weighted by molar-refractivity contribution is 0.298. The van der Waals surface area contributed by atoms with Gasteiger partial charge in [0.15, 0.2) is 11.5 Å².